The average molecular weight is 296 g/mol. The molecule has 1 aromatic carbocycles. The van der Waals surface area contributed by atoms with Crippen molar-refractivity contribution in [3.63, 3.8) is 0 Å². The molecule has 22 heavy (non-hydrogen) atoms. The standard InChI is InChI=1S/C18H20N2O2/c1-11-8-12(2)14-10-13-5-6-20(17(13)19-15(14)9-11)18(21)16-4-3-7-22-16/h8-10,16H,3-7H2,1-2H3. The predicted octanol–water partition coefficient (Wildman–Crippen LogP) is 2.92. The van der Waals surface area contributed by atoms with Crippen molar-refractivity contribution in [3.8, 4) is 0 Å². The minimum atomic E-state index is -0.275. The summed E-state index contributed by atoms with van der Waals surface area (Å²) < 4.78 is 5.55. The smallest absolute Gasteiger partial charge is 0.257 e. The van der Waals surface area contributed by atoms with E-state index in [1.54, 1.807) is 0 Å². The number of nitrogens with zero attached hydrogens (tertiary/aromatic N) is 2. The Hall–Kier alpha value is -1.94. The molecule has 0 spiro atoms. The number of aryl methyl sites for hydroxylation is 2. The maximum absolute atomic E-state index is 12.6. The van der Waals surface area contributed by atoms with E-state index in [2.05, 4.69) is 32.0 Å². The summed E-state index contributed by atoms with van der Waals surface area (Å²) in [6.07, 6.45) is 2.41. The average Bonchev–Trinajstić information content (AvgIpc) is 3.14. The fraction of sp³-hybridized carbons (Fsp3) is 0.444. The van der Waals surface area contributed by atoms with Crippen molar-refractivity contribution < 1.29 is 9.53 Å². The van der Waals surface area contributed by atoms with Crippen LogP contribution in [0, 0.1) is 13.8 Å². The summed E-state index contributed by atoms with van der Waals surface area (Å²) in [5, 5.41) is 1.19. The number of ether oxygens (including phenoxy) is 1. The number of hydrogen-bond acceptors (Lipinski definition) is 3. The van der Waals surface area contributed by atoms with Crippen molar-refractivity contribution >= 4 is 22.6 Å². The number of carbonyl (C=O) groups is 1. The Morgan fingerprint density at radius 1 is 1.32 bits per heavy atom. The van der Waals surface area contributed by atoms with Gasteiger partial charge in [-0.25, -0.2) is 4.98 Å². The second kappa shape index (κ2) is 5.06. The van der Waals surface area contributed by atoms with Crippen LogP contribution in [0.4, 0.5) is 5.82 Å². The van der Waals surface area contributed by atoms with E-state index in [4.69, 9.17) is 9.72 Å². The van der Waals surface area contributed by atoms with Crippen LogP contribution in [0.3, 0.4) is 0 Å². The molecule has 0 aliphatic carbocycles. The Balaban J connectivity index is 1.77. The molecule has 4 heteroatoms. The number of aromatic nitrogens is 1. The van der Waals surface area contributed by atoms with Crippen LogP contribution in [-0.4, -0.2) is 30.1 Å². The molecular weight excluding hydrogens is 276 g/mol. The van der Waals surface area contributed by atoms with Crippen LogP contribution in [0.5, 0.6) is 0 Å². The van der Waals surface area contributed by atoms with Crippen molar-refractivity contribution in [2.75, 3.05) is 18.1 Å². The van der Waals surface area contributed by atoms with Gasteiger partial charge in [-0.1, -0.05) is 6.07 Å². The van der Waals surface area contributed by atoms with Crippen LogP contribution in [-0.2, 0) is 16.0 Å². The van der Waals surface area contributed by atoms with E-state index in [0.29, 0.717) is 6.61 Å². The molecule has 0 radical (unpaired) electrons. The van der Waals surface area contributed by atoms with E-state index in [0.717, 1.165) is 37.1 Å². The third kappa shape index (κ3) is 2.10. The summed E-state index contributed by atoms with van der Waals surface area (Å²) in [5.41, 5.74) is 4.59. The van der Waals surface area contributed by atoms with Gasteiger partial charge in [0.2, 0.25) is 0 Å². The van der Waals surface area contributed by atoms with Gasteiger partial charge in [-0.3, -0.25) is 9.69 Å². The van der Waals surface area contributed by atoms with Crippen molar-refractivity contribution in [1.82, 2.24) is 4.98 Å². The maximum Gasteiger partial charge on any atom is 0.257 e. The first-order valence-electron chi connectivity index (χ1n) is 7.97. The molecule has 2 aromatic rings. The Kier molecular flexibility index (Phi) is 3.15. The van der Waals surface area contributed by atoms with Gasteiger partial charge in [-0.15, -0.1) is 0 Å². The monoisotopic (exact) mass is 296 g/mol. The molecule has 114 valence electrons. The molecule has 1 amide bonds. The van der Waals surface area contributed by atoms with Crippen molar-refractivity contribution in [1.29, 1.82) is 0 Å². The van der Waals surface area contributed by atoms with E-state index < -0.39 is 0 Å². The maximum atomic E-state index is 12.6. The molecule has 1 atom stereocenters. The van der Waals surface area contributed by atoms with Gasteiger partial charge in [0, 0.05) is 18.5 Å². The molecule has 4 nitrogen and oxygen atoms in total. The van der Waals surface area contributed by atoms with Crippen LogP contribution in [0.25, 0.3) is 10.9 Å². The van der Waals surface area contributed by atoms with Crippen LogP contribution in [0.15, 0.2) is 18.2 Å². The van der Waals surface area contributed by atoms with Crippen molar-refractivity contribution in [2.24, 2.45) is 0 Å². The van der Waals surface area contributed by atoms with Gasteiger partial charge in [0.15, 0.2) is 0 Å². The molecule has 0 N–H and O–H groups in total. The number of fused-ring (bicyclic) bond motifs is 2. The quantitative estimate of drug-likeness (QED) is 0.812. The lowest BCUT2D eigenvalue weighted by atomic mass is 10.0. The van der Waals surface area contributed by atoms with Gasteiger partial charge in [0.25, 0.3) is 5.91 Å². The highest BCUT2D eigenvalue weighted by molar-refractivity contribution is 5.99. The number of rotatable bonds is 1. The fourth-order valence-electron chi connectivity index (χ4n) is 3.58. The Bertz CT molecular complexity index is 763. The van der Waals surface area contributed by atoms with E-state index in [1.807, 2.05) is 4.90 Å². The number of anilines is 1. The molecule has 2 aliphatic heterocycles. The van der Waals surface area contributed by atoms with Gasteiger partial charge < -0.3 is 4.74 Å². The highest BCUT2D eigenvalue weighted by Gasteiger charge is 2.33. The Morgan fingerprint density at radius 3 is 2.95 bits per heavy atom. The fourth-order valence-corrected chi connectivity index (χ4v) is 3.58. The molecule has 1 fully saturated rings. The first kappa shape index (κ1) is 13.7. The van der Waals surface area contributed by atoms with Crippen molar-refractivity contribution in [2.45, 2.75) is 39.2 Å². The summed E-state index contributed by atoms with van der Waals surface area (Å²) in [7, 11) is 0. The zero-order chi connectivity index (χ0) is 15.3. The lowest BCUT2D eigenvalue weighted by Gasteiger charge is -2.20. The van der Waals surface area contributed by atoms with Crippen molar-refractivity contribution in [3.05, 3.63) is 34.9 Å². The first-order chi connectivity index (χ1) is 10.6. The SMILES string of the molecule is Cc1cc(C)c2cc3c(nc2c1)N(C(=O)C1CCCO1)CC3. The van der Waals surface area contributed by atoms with Gasteiger partial charge in [0.05, 0.1) is 5.52 Å². The van der Waals surface area contributed by atoms with Gasteiger partial charge in [0.1, 0.15) is 11.9 Å². The normalized spacial score (nSPS) is 20.6. The van der Waals surface area contributed by atoms with E-state index in [1.165, 1.54) is 22.1 Å². The minimum Gasteiger partial charge on any atom is -0.368 e. The number of amides is 1. The van der Waals surface area contributed by atoms with Gasteiger partial charge >= 0.3 is 0 Å². The third-order valence-electron chi connectivity index (χ3n) is 4.67. The molecule has 4 rings (SSSR count). The van der Waals surface area contributed by atoms with E-state index >= 15 is 0 Å². The first-order valence-corrected chi connectivity index (χ1v) is 7.97. The second-order valence-electron chi connectivity index (χ2n) is 6.36. The second-order valence-corrected chi connectivity index (χ2v) is 6.36. The predicted molar refractivity (Wildman–Crippen MR) is 86.2 cm³/mol. The van der Waals surface area contributed by atoms with Crippen LogP contribution >= 0.6 is 0 Å². The Morgan fingerprint density at radius 2 is 2.18 bits per heavy atom. The summed E-state index contributed by atoms with van der Waals surface area (Å²) >= 11 is 0. The lowest BCUT2D eigenvalue weighted by Crippen LogP contribution is -2.38. The number of benzene rings is 1. The third-order valence-corrected chi connectivity index (χ3v) is 4.67. The number of hydrogen-bond donors (Lipinski definition) is 0. The highest BCUT2D eigenvalue weighted by atomic mass is 16.5. The molecule has 3 heterocycles. The number of pyridine rings is 1. The largest absolute Gasteiger partial charge is 0.368 e. The van der Waals surface area contributed by atoms with Gasteiger partial charge in [-0.05, 0) is 61.9 Å². The molecule has 1 saturated heterocycles. The molecular formula is C18H20N2O2. The lowest BCUT2D eigenvalue weighted by molar-refractivity contribution is -0.127. The van der Waals surface area contributed by atoms with Crippen LogP contribution < -0.4 is 4.90 Å². The Labute approximate surface area is 130 Å². The molecule has 1 aromatic heterocycles. The van der Waals surface area contributed by atoms with E-state index in [-0.39, 0.29) is 12.0 Å². The molecule has 0 bridgehead atoms. The zero-order valence-electron chi connectivity index (χ0n) is 13.1. The molecule has 2 aliphatic rings. The molecule has 1 unspecified atom stereocenters. The summed E-state index contributed by atoms with van der Waals surface area (Å²) in [6, 6.07) is 6.48. The summed E-state index contributed by atoms with van der Waals surface area (Å²) in [6.45, 7) is 5.61. The highest BCUT2D eigenvalue weighted by Crippen LogP contribution is 2.32. The summed E-state index contributed by atoms with van der Waals surface area (Å²) in [4.78, 5) is 19.3. The minimum absolute atomic E-state index is 0.0764. The molecule has 0 saturated carbocycles. The van der Waals surface area contributed by atoms with Gasteiger partial charge in [-0.2, -0.15) is 0 Å². The zero-order valence-corrected chi connectivity index (χ0v) is 13.1. The van der Waals surface area contributed by atoms with Crippen LogP contribution in [0.1, 0.15) is 29.5 Å². The number of carbonyl (C=O) groups excluding carboxylic acids is 1. The van der Waals surface area contributed by atoms with E-state index in [9.17, 15) is 4.79 Å². The van der Waals surface area contributed by atoms with Crippen LogP contribution in [0.2, 0.25) is 0 Å². The topological polar surface area (TPSA) is 42.4 Å². The summed E-state index contributed by atoms with van der Waals surface area (Å²) in [5.74, 6) is 0.908.